The Morgan fingerprint density at radius 3 is 2.68 bits per heavy atom. The van der Waals surface area contributed by atoms with Crippen LogP contribution in [0.3, 0.4) is 0 Å². The van der Waals surface area contributed by atoms with Gasteiger partial charge in [-0.2, -0.15) is 0 Å². The van der Waals surface area contributed by atoms with Crippen molar-refractivity contribution in [2.24, 2.45) is 5.92 Å². The van der Waals surface area contributed by atoms with E-state index in [1.165, 1.54) is 16.7 Å². The molecule has 0 radical (unpaired) electrons. The monoisotopic (exact) mass is 248 g/mol. The van der Waals surface area contributed by atoms with Crippen LogP contribution in [0.2, 0.25) is 0 Å². The van der Waals surface area contributed by atoms with Crippen molar-refractivity contribution in [2.45, 2.75) is 18.9 Å². The van der Waals surface area contributed by atoms with Gasteiger partial charge in [0.2, 0.25) is 0 Å². The van der Waals surface area contributed by atoms with Gasteiger partial charge in [-0.1, -0.05) is 48.6 Å². The van der Waals surface area contributed by atoms with Crippen LogP contribution >= 0.6 is 0 Å². The van der Waals surface area contributed by atoms with Gasteiger partial charge in [0.1, 0.15) is 11.9 Å². The molecule has 0 bridgehead atoms. The van der Waals surface area contributed by atoms with E-state index in [1.54, 1.807) is 0 Å². The number of hydrogen-bond donors (Lipinski definition) is 0. The minimum atomic E-state index is 0.223. The minimum absolute atomic E-state index is 0.223. The van der Waals surface area contributed by atoms with Crippen molar-refractivity contribution in [3.8, 4) is 0 Å². The molecular weight excluding hydrogens is 232 g/mol. The average Bonchev–Trinajstić information content (AvgIpc) is 2.86. The first-order valence-corrected chi connectivity index (χ1v) is 6.92. The Bertz CT molecular complexity index is 616. The van der Waals surface area contributed by atoms with Crippen LogP contribution in [0.25, 0.3) is 5.57 Å². The first-order chi connectivity index (χ1) is 9.42. The Morgan fingerprint density at radius 2 is 1.79 bits per heavy atom. The Labute approximate surface area is 113 Å². The molecule has 1 aliphatic heterocycles. The molecule has 0 amide bonds. The zero-order valence-electron chi connectivity index (χ0n) is 10.8. The van der Waals surface area contributed by atoms with Gasteiger partial charge in [-0.25, -0.2) is 0 Å². The zero-order valence-corrected chi connectivity index (χ0v) is 10.8. The van der Waals surface area contributed by atoms with E-state index >= 15 is 0 Å². The molecule has 0 N–H and O–H groups in total. The largest absolute Gasteiger partial charge is 0.485 e. The summed E-state index contributed by atoms with van der Waals surface area (Å²) in [6.45, 7) is 0. The van der Waals surface area contributed by atoms with Crippen LogP contribution in [0.4, 0.5) is 0 Å². The Hall–Kier alpha value is -2.02. The molecule has 0 saturated carbocycles. The highest BCUT2D eigenvalue weighted by atomic mass is 16.5. The van der Waals surface area contributed by atoms with E-state index < -0.39 is 0 Å². The summed E-state index contributed by atoms with van der Waals surface area (Å²) in [7, 11) is 0. The summed E-state index contributed by atoms with van der Waals surface area (Å²) < 4.78 is 6.09. The second-order valence-corrected chi connectivity index (χ2v) is 5.30. The van der Waals surface area contributed by atoms with E-state index in [0.29, 0.717) is 5.92 Å². The van der Waals surface area contributed by atoms with Gasteiger partial charge >= 0.3 is 0 Å². The third-order valence-electron chi connectivity index (χ3n) is 4.18. The molecule has 1 aromatic carbocycles. The number of hydrogen-bond acceptors (Lipinski definition) is 1. The number of benzene rings is 1. The van der Waals surface area contributed by atoms with Gasteiger partial charge in [-0.3, -0.25) is 0 Å². The lowest BCUT2D eigenvalue weighted by atomic mass is 9.84. The number of allylic oxidation sites excluding steroid dienone is 4. The van der Waals surface area contributed by atoms with Crippen LogP contribution in [-0.2, 0) is 4.74 Å². The van der Waals surface area contributed by atoms with Crippen molar-refractivity contribution >= 4 is 5.57 Å². The standard InChI is InChI=1S/C18H16O/c1-2-6-13(7-3-1)14-10-11-16-15-8-4-5-9-17(15)19-18(16)12-14/h1-9,12,15,17H,10-11H2. The normalized spacial score (nSPS) is 27.7. The Morgan fingerprint density at radius 1 is 0.947 bits per heavy atom. The van der Waals surface area contributed by atoms with Crippen LogP contribution < -0.4 is 0 Å². The summed E-state index contributed by atoms with van der Waals surface area (Å²) in [5, 5.41) is 0. The van der Waals surface area contributed by atoms with Gasteiger partial charge in [0, 0.05) is 5.92 Å². The van der Waals surface area contributed by atoms with E-state index in [9.17, 15) is 0 Å². The molecule has 1 heterocycles. The SMILES string of the molecule is C1=CC2OC3=C(CCC(c4ccccc4)=C3)C2C=C1. The molecule has 94 valence electrons. The molecule has 4 rings (SSSR count). The fourth-order valence-corrected chi connectivity index (χ4v) is 3.20. The van der Waals surface area contributed by atoms with Crippen molar-refractivity contribution in [2.75, 3.05) is 0 Å². The molecule has 0 saturated heterocycles. The quantitative estimate of drug-likeness (QED) is 0.721. The van der Waals surface area contributed by atoms with E-state index in [-0.39, 0.29) is 6.10 Å². The molecule has 19 heavy (non-hydrogen) atoms. The van der Waals surface area contributed by atoms with Gasteiger partial charge in [0.15, 0.2) is 0 Å². The maximum absolute atomic E-state index is 6.09. The number of rotatable bonds is 1. The highest BCUT2D eigenvalue weighted by Crippen LogP contribution is 2.43. The third kappa shape index (κ3) is 1.77. The third-order valence-corrected chi connectivity index (χ3v) is 4.18. The maximum Gasteiger partial charge on any atom is 0.127 e. The van der Waals surface area contributed by atoms with Crippen LogP contribution in [-0.4, -0.2) is 6.10 Å². The summed E-state index contributed by atoms with van der Waals surface area (Å²) in [5.41, 5.74) is 4.19. The van der Waals surface area contributed by atoms with Crippen LogP contribution in [0.1, 0.15) is 18.4 Å². The van der Waals surface area contributed by atoms with Crippen molar-refractivity contribution in [3.63, 3.8) is 0 Å². The lowest BCUT2D eigenvalue weighted by Gasteiger charge is -2.17. The van der Waals surface area contributed by atoms with E-state index in [4.69, 9.17) is 4.74 Å². The van der Waals surface area contributed by atoms with Gasteiger partial charge < -0.3 is 4.74 Å². The average molecular weight is 248 g/mol. The smallest absolute Gasteiger partial charge is 0.127 e. The topological polar surface area (TPSA) is 9.23 Å². The van der Waals surface area contributed by atoms with E-state index in [1.807, 2.05) is 0 Å². The first kappa shape index (κ1) is 10.9. The van der Waals surface area contributed by atoms with Crippen molar-refractivity contribution in [1.82, 2.24) is 0 Å². The van der Waals surface area contributed by atoms with Crippen molar-refractivity contribution in [1.29, 1.82) is 0 Å². The van der Waals surface area contributed by atoms with Crippen molar-refractivity contribution in [3.05, 3.63) is 77.6 Å². The highest BCUT2D eigenvalue weighted by Gasteiger charge is 2.35. The molecule has 3 aliphatic rings. The molecule has 0 aromatic heterocycles. The fourth-order valence-electron chi connectivity index (χ4n) is 3.20. The molecule has 2 unspecified atom stereocenters. The van der Waals surface area contributed by atoms with Crippen molar-refractivity contribution < 1.29 is 4.74 Å². The molecule has 0 spiro atoms. The molecular formula is C18H16O. The summed E-state index contributed by atoms with van der Waals surface area (Å²) in [6, 6.07) is 10.6. The van der Waals surface area contributed by atoms with Crippen LogP contribution in [0.5, 0.6) is 0 Å². The summed E-state index contributed by atoms with van der Waals surface area (Å²) in [6.07, 6.45) is 13.4. The molecule has 0 fully saturated rings. The Kier molecular flexibility index (Phi) is 2.44. The number of fused-ring (bicyclic) bond motifs is 2. The second kappa shape index (κ2) is 4.27. The molecule has 1 nitrogen and oxygen atoms in total. The maximum atomic E-state index is 6.09. The van der Waals surface area contributed by atoms with E-state index in [0.717, 1.165) is 18.6 Å². The van der Waals surface area contributed by atoms with Crippen LogP contribution in [0, 0.1) is 5.92 Å². The summed E-state index contributed by atoms with van der Waals surface area (Å²) in [5.74, 6) is 1.57. The second-order valence-electron chi connectivity index (χ2n) is 5.30. The summed E-state index contributed by atoms with van der Waals surface area (Å²) in [4.78, 5) is 0. The molecule has 1 heteroatoms. The molecule has 2 atom stereocenters. The fraction of sp³-hybridized carbons (Fsp3) is 0.222. The zero-order chi connectivity index (χ0) is 12.7. The van der Waals surface area contributed by atoms with E-state index in [2.05, 4.69) is 60.7 Å². The van der Waals surface area contributed by atoms with Gasteiger partial charge in [-0.15, -0.1) is 0 Å². The highest BCUT2D eigenvalue weighted by molar-refractivity contribution is 5.70. The molecule has 1 aromatic rings. The predicted molar refractivity (Wildman–Crippen MR) is 77.3 cm³/mol. The van der Waals surface area contributed by atoms with Gasteiger partial charge in [0.05, 0.1) is 0 Å². The van der Waals surface area contributed by atoms with Gasteiger partial charge in [0.25, 0.3) is 0 Å². The molecule has 2 aliphatic carbocycles. The lowest BCUT2D eigenvalue weighted by molar-refractivity contribution is 0.174. The minimum Gasteiger partial charge on any atom is -0.485 e. The summed E-state index contributed by atoms with van der Waals surface area (Å²) >= 11 is 0. The Balaban J connectivity index is 1.70. The number of ether oxygens (including phenoxy) is 1. The van der Waals surface area contributed by atoms with Crippen LogP contribution in [0.15, 0.2) is 72.0 Å². The van der Waals surface area contributed by atoms with Gasteiger partial charge in [-0.05, 0) is 41.7 Å². The lowest BCUT2D eigenvalue weighted by Crippen LogP contribution is -2.15. The first-order valence-electron chi connectivity index (χ1n) is 6.92. The predicted octanol–water partition coefficient (Wildman–Crippen LogP) is 4.26.